The van der Waals surface area contributed by atoms with Crippen molar-refractivity contribution < 1.29 is 43.8 Å². The van der Waals surface area contributed by atoms with Crippen LogP contribution in [0.5, 0.6) is 11.7 Å². The van der Waals surface area contributed by atoms with E-state index in [-0.39, 0.29) is 40.6 Å². The van der Waals surface area contributed by atoms with Gasteiger partial charge in [0.1, 0.15) is 12.4 Å². The molecule has 2 rings (SSSR count). The molecule has 2 aromatic rings. The Morgan fingerprint density at radius 2 is 2.05 bits per heavy atom. The van der Waals surface area contributed by atoms with Gasteiger partial charge in [-0.15, -0.1) is 0 Å². The van der Waals surface area contributed by atoms with Crippen molar-refractivity contribution in [2.75, 3.05) is 27.2 Å². The van der Waals surface area contributed by atoms with Gasteiger partial charge in [0, 0.05) is 23.6 Å². The third-order valence-electron chi connectivity index (χ3n) is 2.49. The molecule has 0 aliphatic heterocycles. The number of hydrogen-bond acceptors (Lipinski definition) is 5. The zero-order valence-electron chi connectivity index (χ0n) is 11.3. The molecule has 0 saturated heterocycles. The maximum atomic E-state index is 11.5. The Balaban J connectivity index is 0.00000180. The summed E-state index contributed by atoms with van der Waals surface area (Å²) in [6, 6.07) is 5.80. The largest absolute Gasteiger partial charge is 1.00 e. The number of hydrogen-bond donors (Lipinski definition) is 0. The third kappa shape index (κ3) is 4.24. The maximum Gasteiger partial charge on any atom is 1.00 e. The molecule has 0 radical (unpaired) electrons. The molecule has 0 spiro atoms. The summed E-state index contributed by atoms with van der Waals surface area (Å²) >= 11 is 0. The smallest absolute Gasteiger partial charge is 0.578 e. The molecule has 6 heteroatoms. The van der Waals surface area contributed by atoms with Gasteiger partial charge in [0.15, 0.2) is 5.43 Å². The number of likely N-dealkylation sites (N-methyl/N-ethyl adjacent to an activating group) is 1. The van der Waals surface area contributed by atoms with Crippen molar-refractivity contribution in [3.8, 4) is 11.7 Å². The Morgan fingerprint density at radius 1 is 1.32 bits per heavy atom. The van der Waals surface area contributed by atoms with Gasteiger partial charge in [-0.1, -0.05) is 0 Å². The maximum absolute atomic E-state index is 11.5. The summed E-state index contributed by atoms with van der Waals surface area (Å²) in [7, 11) is 3.90. The van der Waals surface area contributed by atoms with Gasteiger partial charge in [-0.3, -0.25) is 4.79 Å². The molecule has 0 aliphatic carbocycles. The number of rotatable bonds is 4. The zero-order chi connectivity index (χ0) is 13.1. The van der Waals surface area contributed by atoms with Crippen LogP contribution in [0.4, 0.5) is 0 Å². The van der Waals surface area contributed by atoms with Crippen LogP contribution < -0.4 is 44.8 Å². The van der Waals surface area contributed by atoms with E-state index in [1.165, 1.54) is 0 Å². The van der Waals surface area contributed by atoms with Crippen LogP contribution >= 0.6 is 0 Å². The predicted octanol–water partition coefficient (Wildman–Crippen LogP) is -2.19. The second-order valence-electron chi connectivity index (χ2n) is 4.24. The van der Waals surface area contributed by atoms with E-state index in [4.69, 9.17) is 9.15 Å². The van der Waals surface area contributed by atoms with Gasteiger partial charge < -0.3 is 19.2 Å². The third-order valence-corrected chi connectivity index (χ3v) is 2.49. The van der Waals surface area contributed by atoms with Crippen LogP contribution in [-0.4, -0.2) is 32.1 Å². The first-order valence-electron chi connectivity index (χ1n) is 5.59. The molecular formula is C13H14NNaO4. The zero-order valence-corrected chi connectivity index (χ0v) is 13.3. The van der Waals surface area contributed by atoms with Crippen LogP contribution in [-0.2, 0) is 0 Å². The summed E-state index contributed by atoms with van der Waals surface area (Å²) in [4.78, 5) is 13.5. The van der Waals surface area contributed by atoms with E-state index in [0.717, 1.165) is 12.6 Å². The molecule has 0 N–H and O–H groups in total. The van der Waals surface area contributed by atoms with Crippen LogP contribution in [0.25, 0.3) is 11.0 Å². The number of fused-ring (bicyclic) bond motifs is 1. The van der Waals surface area contributed by atoms with Crippen LogP contribution in [0, 0.1) is 0 Å². The molecule has 96 valence electrons. The van der Waals surface area contributed by atoms with Crippen molar-refractivity contribution in [2.45, 2.75) is 0 Å². The van der Waals surface area contributed by atoms with Gasteiger partial charge in [0.05, 0.1) is 5.95 Å². The minimum atomic E-state index is -0.641. The van der Waals surface area contributed by atoms with Crippen molar-refractivity contribution >= 4 is 11.0 Å². The van der Waals surface area contributed by atoms with Gasteiger partial charge >= 0.3 is 29.6 Å². The summed E-state index contributed by atoms with van der Waals surface area (Å²) in [5.41, 5.74) is -0.0732. The molecule has 1 aromatic carbocycles. The fraction of sp³-hybridized carbons (Fsp3) is 0.308. The minimum Gasteiger partial charge on any atom is -0.578 e. The molecule has 0 unspecified atom stereocenters. The average Bonchev–Trinajstić information content (AvgIpc) is 2.27. The summed E-state index contributed by atoms with van der Waals surface area (Å²) < 4.78 is 10.5. The first-order valence-corrected chi connectivity index (χ1v) is 5.59. The van der Waals surface area contributed by atoms with Crippen LogP contribution in [0.1, 0.15) is 0 Å². The normalized spacial score (nSPS) is 10.5. The van der Waals surface area contributed by atoms with Crippen LogP contribution in [0.15, 0.2) is 33.5 Å². The van der Waals surface area contributed by atoms with Crippen molar-refractivity contribution in [1.82, 2.24) is 4.90 Å². The van der Waals surface area contributed by atoms with Crippen molar-refractivity contribution in [1.29, 1.82) is 0 Å². The Hall–Kier alpha value is -1.01. The summed E-state index contributed by atoms with van der Waals surface area (Å²) in [5.74, 6) is -0.0592. The first kappa shape index (κ1) is 16.0. The number of ether oxygens (including phenoxy) is 1. The summed E-state index contributed by atoms with van der Waals surface area (Å²) in [5, 5.41) is 11.5. The van der Waals surface area contributed by atoms with E-state index in [9.17, 15) is 9.90 Å². The molecule has 1 heterocycles. The van der Waals surface area contributed by atoms with Crippen LogP contribution in [0.3, 0.4) is 0 Å². The molecule has 19 heavy (non-hydrogen) atoms. The van der Waals surface area contributed by atoms with E-state index >= 15 is 0 Å². The molecule has 0 saturated carbocycles. The monoisotopic (exact) mass is 271 g/mol. The van der Waals surface area contributed by atoms with E-state index in [1.54, 1.807) is 18.2 Å². The Kier molecular flexibility index (Phi) is 5.87. The van der Waals surface area contributed by atoms with E-state index in [1.807, 2.05) is 19.0 Å². The predicted molar refractivity (Wildman–Crippen MR) is 66.0 cm³/mol. The van der Waals surface area contributed by atoms with Crippen molar-refractivity contribution in [2.24, 2.45) is 0 Å². The topological polar surface area (TPSA) is 65.7 Å². The van der Waals surface area contributed by atoms with Gasteiger partial charge in [-0.05, 0) is 32.3 Å². The Morgan fingerprint density at radius 3 is 2.74 bits per heavy atom. The molecule has 0 fully saturated rings. The molecule has 0 bridgehead atoms. The van der Waals surface area contributed by atoms with Crippen molar-refractivity contribution in [3.05, 3.63) is 34.5 Å². The van der Waals surface area contributed by atoms with Gasteiger partial charge in [0.25, 0.3) is 0 Å². The molecule has 0 amide bonds. The molecule has 0 aliphatic rings. The molecule has 5 nitrogen and oxygen atoms in total. The minimum absolute atomic E-state index is 0. The standard InChI is InChI=1S/C13H15NO4.Na/c1-14(2)5-6-17-9-3-4-10-11(15)8-13(16)18-12(10)7-9;/h3-4,7-8,16H,5-6H2,1-2H3;/q;+1/p-1. The van der Waals surface area contributed by atoms with Crippen molar-refractivity contribution in [3.63, 3.8) is 0 Å². The second-order valence-corrected chi connectivity index (χ2v) is 4.24. The number of nitrogens with zero attached hydrogens (tertiary/aromatic N) is 1. The number of benzene rings is 1. The van der Waals surface area contributed by atoms with E-state index < -0.39 is 5.95 Å². The van der Waals surface area contributed by atoms with E-state index in [0.29, 0.717) is 17.7 Å². The molecule has 1 aromatic heterocycles. The Labute approximate surface area is 133 Å². The Bertz CT molecular complexity index is 609. The quantitative estimate of drug-likeness (QED) is 0.591. The molecule has 0 atom stereocenters. The van der Waals surface area contributed by atoms with Gasteiger partial charge in [-0.2, -0.15) is 0 Å². The fourth-order valence-corrected chi connectivity index (χ4v) is 1.55. The molecular weight excluding hydrogens is 257 g/mol. The first-order chi connectivity index (χ1) is 8.56. The van der Waals surface area contributed by atoms with Gasteiger partial charge in [0.2, 0.25) is 0 Å². The van der Waals surface area contributed by atoms with E-state index in [2.05, 4.69) is 0 Å². The second kappa shape index (κ2) is 6.96. The SMILES string of the molecule is CN(C)CCOc1ccc2c(=O)cc([O-])oc2c1.[Na+]. The van der Waals surface area contributed by atoms with Crippen LogP contribution in [0.2, 0.25) is 0 Å². The summed E-state index contributed by atoms with van der Waals surface area (Å²) in [6.07, 6.45) is 0. The summed E-state index contributed by atoms with van der Waals surface area (Å²) in [6.45, 7) is 1.31. The van der Waals surface area contributed by atoms with Gasteiger partial charge in [-0.25, -0.2) is 0 Å². The fourth-order valence-electron chi connectivity index (χ4n) is 1.55. The average molecular weight is 271 g/mol.